The molecule has 1 heterocycles. The van der Waals surface area contributed by atoms with Crippen LogP contribution in [0.4, 0.5) is 0 Å². The van der Waals surface area contributed by atoms with Crippen LogP contribution in [0.5, 0.6) is 0 Å². The molecule has 0 unspecified atom stereocenters. The number of nitrogens with zero attached hydrogens (tertiary/aromatic N) is 1. The first-order valence-corrected chi connectivity index (χ1v) is 11.3. The second-order valence-corrected chi connectivity index (χ2v) is 9.87. The van der Waals surface area contributed by atoms with Gasteiger partial charge in [0, 0.05) is 22.5 Å². The van der Waals surface area contributed by atoms with Crippen molar-refractivity contribution in [2.24, 2.45) is 0 Å². The highest BCUT2D eigenvalue weighted by molar-refractivity contribution is 9.10. The summed E-state index contributed by atoms with van der Waals surface area (Å²) in [5.74, 6) is 0.695. The Morgan fingerprint density at radius 1 is 1.15 bits per heavy atom. The van der Waals surface area contributed by atoms with Crippen LogP contribution in [0.15, 0.2) is 58.0 Å². The Balaban J connectivity index is 2.19. The molecule has 0 aliphatic carbocycles. The molecule has 0 amide bonds. The average molecular weight is 452 g/mol. The summed E-state index contributed by atoms with van der Waals surface area (Å²) in [6, 6.07) is 12.2. The van der Waals surface area contributed by atoms with E-state index in [0.29, 0.717) is 16.8 Å². The van der Waals surface area contributed by atoms with Crippen LogP contribution in [0.25, 0.3) is 10.9 Å². The van der Waals surface area contributed by atoms with Gasteiger partial charge in [-0.3, -0.25) is 4.79 Å². The molecule has 0 aliphatic heterocycles. The number of aryl methyl sites for hydroxylation is 1. The van der Waals surface area contributed by atoms with Gasteiger partial charge >= 0.3 is 0 Å². The Labute approximate surface area is 165 Å². The molecule has 26 heavy (non-hydrogen) atoms. The first-order chi connectivity index (χ1) is 12.3. The molecule has 0 radical (unpaired) electrons. The summed E-state index contributed by atoms with van der Waals surface area (Å²) in [7, 11) is -3.75. The average Bonchev–Trinajstić information content (AvgIpc) is 2.96. The van der Waals surface area contributed by atoms with E-state index in [1.807, 2.05) is 19.9 Å². The molecule has 0 bridgehead atoms. The van der Waals surface area contributed by atoms with E-state index in [1.54, 1.807) is 42.6 Å². The van der Waals surface area contributed by atoms with Gasteiger partial charge in [0.2, 0.25) is 0 Å². The minimum atomic E-state index is -3.75. The second kappa shape index (κ2) is 7.58. The molecule has 2 aromatic carbocycles. The van der Waals surface area contributed by atoms with Crippen LogP contribution in [-0.2, 0) is 21.2 Å². The third-order valence-corrected chi connectivity index (χ3v) is 7.14. The molecular weight excluding hydrogens is 434 g/mol. The molecule has 0 saturated carbocycles. The van der Waals surface area contributed by atoms with Crippen molar-refractivity contribution in [2.45, 2.75) is 25.2 Å². The normalized spacial score (nSPS) is 11.8. The van der Waals surface area contributed by atoms with E-state index < -0.39 is 10.0 Å². The highest BCUT2D eigenvalue weighted by Gasteiger charge is 2.23. The van der Waals surface area contributed by atoms with Crippen molar-refractivity contribution in [3.63, 3.8) is 0 Å². The molecule has 0 spiro atoms. The molecule has 0 saturated heterocycles. The molecular formula is C19H18BrNO3S2. The van der Waals surface area contributed by atoms with Gasteiger partial charge in [-0.15, -0.1) is 0 Å². The highest BCUT2D eigenvalue weighted by Crippen LogP contribution is 2.32. The van der Waals surface area contributed by atoms with Gasteiger partial charge in [-0.2, -0.15) is 0 Å². The van der Waals surface area contributed by atoms with Crippen LogP contribution >= 0.6 is 27.7 Å². The molecule has 0 fully saturated rings. The lowest BCUT2D eigenvalue weighted by Gasteiger charge is -2.08. The van der Waals surface area contributed by atoms with Crippen molar-refractivity contribution in [3.8, 4) is 0 Å². The van der Waals surface area contributed by atoms with Crippen LogP contribution in [0.1, 0.15) is 18.1 Å². The van der Waals surface area contributed by atoms with Gasteiger partial charge in [0.25, 0.3) is 10.0 Å². The van der Waals surface area contributed by atoms with Crippen LogP contribution < -0.4 is 0 Å². The highest BCUT2D eigenvalue weighted by atomic mass is 79.9. The molecule has 3 aromatic rings. The lowest BCUT2D eigenvalue weighted by atomic mass is 10.1. The smallest absolute Gasteiger partial charge is 0.268 e. The number of halogens is 1. The zero-order valence-corrected chi connectivity index (χ0v) is 17.6. The quantitative estimate of drug-likeness (QED) is 0.560. The molecule has 1 aromatic heterocycles. The fourth-order valence-electron chi connectivity index (χ4n) is 2.81. The van der Waals surface area contributed by atoms with E-state index >= 15 is 0 Å². The van der Waals surface area contributed by atoms with Crippen molar-refractivity contribution in [1.29, 1.82) is 0 Å². The second-order valence-electron chi connectivity index (χ2n) is 5.88. The monoisotopic (exact) mass is 451 g/mol. The van der Waals surface area contributed by atoms with Crippen molar-refractivity contribution in [2.75, 3.05) is 5.75 Å². The Hall–Kier alpha value is -1.57. The Morgan fingerprint density at radius 2 is 1.85 bits per heavy atom. The summed E-state index contributed by atoms with van der Waals surface area (Å²) < 4.78 is 28.4. The van der Waals surface area contributed by atoms with Crippen molar-refractivity contribution >= 4 is 53.7 Å². The van der Waals surface area contributed by atoms with E-state index in [-0.39, 0.29) is 16.4 Å². The molecule has 0 atom stereocenters. The molecule has 7 heteroatoms. The number of rotatable bonds is 5. The SMILES string of the molecule is CCSC(=O)Cc1cn(S(=O)(=O)c2ccc(C)cc2)c2cccc(Br)c12. The number of hydrogen-bond donors (Lipinski definition) is 0. The van der Waals surface area contributed by atoms with Gasteiger partial charge in [0.1, 0.15) is 0 Å². The number of hydrogen-bond acceptors (Lipinski definition) is 4. The number of carbonyl (C=O) groups excluding carboxylic acids is 1. The third-order valence-electron chi connectivity index (χ3n) is 4.04. The van der Waals surface area contributed by atoms with Crippen molar-refractivity contribution < 1.29 is 13.2 Å². The molecule has 0 N–H and O–H groups in total. The number of carbonyl (C=O) groups is 1. The van der Waals surface area contributed by atoms with Gasteiger partial charge in [0.05, 0.1) is 10.4 Å². The molecule has 4 nitrogen and oxygen atoms in total. The van der Waals surface area contributed by atoms with E-state index in [4.69, 9.17) is 0 Å². The Morgan fingerprint density at radius 3 is 2.50 bits per heavy atom. The predicted molar refractivity (Wildman–Crippen MR) is 110 cm³/mol. The van der Waals surface area contributed by atoms with Gasteiger partial charge in [-0.1, -0.05) is 58.4 Å². The van der Waals surface area contributed by atoms with Gasteiger partial charge < -0.3 is 0 Å². The minimum Gasteiger partial charge on any atom is -0.287 e. The molecule has 0 aliphatic rings. The zero-order chi connectivity index (χ0) is 18.9. The maximum Gasteiger partial charge on any atom is 0.268 e. The van der Waals surface area contributed by atoms with E-state index in [2.05, 4.69) is 15.9 Å². The summed E-state index contributed by atoms with van der Waals surface area (Å²) in [5, 5.41) is 0.781. The summed E-state index contributed by atoms with van der Waals surface area (Å²) in [4.78, 5) is 12.3. The number of aromatic nitrogens is 1. The Bertz CT molecular complexity index is 1070. The largest absolute Gasteiger partial charge is 0.287 e. The maximum absolute atomic E-state index is 13.2. The van der Waals surface area contributed by atoms with Crippen LogP contribution in [-0.4, -0.2) is 23.3 Å². The topological polar surface area (TPSA) is 56.1 Å². The first-order valence-electron chi connectivity index (χ1n) is 8.11. The summed E-state index contributed by atoms with van der Waals surface area (Å²) >= 11 is 4.74. The van der Waals surface area contributed by atoms with Crippen LogP contribution in [0.3, 0.4) is 0 Å². The third kappa shape index (κ3) is 3.61. The Kier molecular flexibility index (Phi) is 5.60. The fourth-order valence-corrected chi connectivity index (χ4v) is 5.39. The lowest BCUT2D eigenvalue weighted by molar-refractivity contribution is -0.110. The predicted octanol–water partition coefficient (Wildman–Crippen LogP) is 4.77. The lowest BCUT2D eigenvalue weighted by Crippen LogP contribution is -2.12. The first kappa shape index (κ1) is 19.2. The molecule has 3 rings (SSSR count). The van der Waals surface area contributed by atoms with Crippen LogP contribution in [0.2, 0.25) is 0 Å². The minimum absolute atomic E-state index is 0.0232. The van der Waals surface area contributed by atoms with Gasteiger partial charge in [-0.05, 0) is 42.5 Å². The number of thioether (sulfide) groups is 1. The number of benzene rings is 2. The zero-order valence-electron chi connectivity index (χ0n) is 14.4. The van der Waals surface area contributed by atoms with Crippen LogP contribution in [0, 0.1) is 6.92 Å². The van der Waals surface area contributed by atoms with Crippen molar-refractivity contribution in [3.05, 3.63) is 64.3 Å². The molecule has 136 valence electrons. The van der Waals surface area contributed by atoms with Gasteiger partial charge in [-0.25, -0.2) is 12.4 Å². The van der Waals surface area contributed by atoms with Gasteiger partial charge in [0.15, 0.2) is 5.12 Å². The summed E-state index contributed by atoms with van der Waals surface area (Å²) in [5.41, 5.74) is 2.25. The van der Waals surface area contributed by atoms with E-state index in [9.17, 15) is 13.2 Å². The van der Waals surface area contributed by atoms with Crippen molar-refractivity contribution in [1.82, 2.24) is 3.97 Å². The number of fused-ring (bicyclic) bond motifs is 1. The summed E-state index contributed by atoms with van der Waals surface area (Å²) in [6.07, 6.45) is 1.76. The summed E-state index contributed by atoms with van der Waals surface area (Å²) in [6.45, 7) is 3.83. The fraction of sp³-hybridized carbons (Fsp3) is 0.211. The maximum atomic E-state index is 13.2. The standard InChI is InChI=1S/C19H18BrNO3S2/c1-3-25-18(22)11-14-12-21(17-6-4-5-16(20)19(14)17)26(23,24)15-9-7-13(2)8-10-15/h4-10,12H,3,11H2,1-2H3. The van der Waals surface area contributed by atoms with E-state index in [0.717, 1.165) is 15.4 Å². The van der Waals surface area contributed by atoms with E-state index in [1.165, 1.54) is 15.7 Å².